The summed E-state index contributed by atoms with van der Waals surface area (Å²) in [5.74, 6) is 1.75. The summed E-state index contributed by atoms with van der Waals surface area (Å²) in [5.41, 5.74) is 11.5. The van der Waals surface area contributed by atoms with Crippen LogP contribution in [0, 0.1) is 25.2 Å². The number of fused-ring (bicyclic) bond motifs is 9. The third kappa shape index (κ3) is 3.19. The van der Waals surface area contributed by atoms with Gasteiger partial charge in [0.05, 0.1) is 25.3 Å². The molecule has 4 aliphatic rings. The van der Waals surface area contributed by atoms with Crippen LogP contribution in [0.2, 0.25) is 0 Å². The molecule has 3 N–H and O–H groups in total. The highest BCUT2D eigenvalue weighted by molar-refractivity contribution is 5.74. The van der Waals surface area contributed by atoms with Gasteiger partial charge in [0.25, 0.3) is 0 Å². The number of carbonyl (C=O) groups is 1. The number of piperazine rings is 1. The number of nitriles is 1. The highest BCUT2D eigenvalue weighted by atomic mass is 16.7. The monoisotopic (exact) mass is 520 g/mol. The fourth-order valence-corrected chi connectivity index (χ4v) is 7.34. The Morgan fingerprint density at radius 3 is 2.61 bits per heavy atom. The number of benzene rings is 2. The molecule has 38 heavy (non-hydrogen) atoms. The summed E-state index contributed by atoms with van der Waals surface area (Å²) in [6, 6.07) is 3.20. The molecule has 0 aromatic heterocycles. The minimum Gasteiger partial charge on any atom is -0.504 e. The van der Waals surface area contributed by atoms with Gasteiger partial charge >= 0.3 is 5.97 Å². The average molecular weight is 521 g/mol. The molecule has 1 saturated heterocycles. The quantitative estimate of drug-likeness (QED) is 0.459. The molecule has 1 fully saturated rings. The van der Waals surface area contributed by atoms with Crippen LogP contribution < -0.4 is 24.7 Å². The van der Waals surface area contributed by atoms with Crippen LogP contribution >= 0.6 is 0 Å². The number of aromatic hydroxyl groups is 1. The summed E-state index contributed by atoms with van der Waals surface area (Å²) in [6.45, 7) is 5.42. The van der Waals surface area contributed by atoms with E-state index in [1.165, 1.54) is 6.92 Å². The van der Waals surface area contributed by atoms with E-state index in [0.717, 1.165) is 27.8 Å². The lowest BCUT2D eigenvalue weighted by Gasteiger charge is -2.59. The zero-order valence-electron chi connectivity index (χ0n) is 22.2. The summed E-state index contributed by atoms with van der Waals surface area (Å²) in [4.78, 5) is 16.6. The Balaban J connectivity index is 1.62. The van der Waals surface area contributed by atoms with Crippen LogP contribution in [0.3, 0.4) is 0 Å². The van der Waals surface area contributed by atoms with E-state index in [-0.39, 0.29) is 43.3 Å². The first-order valence-electron chi connectivity index (χ1n) is 12.8. The highest BCUT2D eigenvalue weighted by Crippen LogP contribution is 2.58. The molecule has 10 heteroatoms. The number of phenolic OH excluding ortho intramolecular Hbond substituents is 1. The van der Waals surface area contributed by atoms with Crippen molar-refractivity contribution in [1.82, 2.24) is 9.80 Å². The van der Waals surface area contributed by atoms with Gasteiger partial charge in [-0.15, -0.1) is 0 Å². The second kappa shape index (κ2) is 8.76. The molecule has 0 saturated carbocycles. The molecular formula is C28H32N4O6. The molecule has 4 heterocycles. The van der Waals surface area contributed by atoms with Crippen molar-refractivity contribution >= 4 is 5.97 Å². The molecule has 0 unspecified atom stereocenters. The fraction of sp³-hybridized carbons (Fsp3) is 0.500. The van der Waals surface area contributed by atoms with Gasteiger partial charge < -0.3 is 29.8 Å². The third-order valence-corrected chi connectivity index (χ3v) is 8.73. The van der Waals surface area contributed by atoms with Gasteiger partial charge in [-0.2, -0.15) is 5.26 Å². The highest BCUT2D eigenvalue weighted by Gasteiger charge is 2.56. The summed E-state index contributed by atoms with van der Waals surface area (Å²) >= 11 is 0. The lowest BCUT2D eigenvalue weighted by molar-refractivity contribution is -0.132. The third-order valence-electron chi connectivity index (χ3n) is 8.73. The Morgan fingerprint density at radius 1 is 1.21 bits per heavy atom. The number of ether oxygens (including phenoxy) is 4. The Morgan fingerprint density at radius 2 is 1.95 bits per heavy atom. The predicted octanol–water partition coefficient (Wildman–Crippen LogP) is 2.40. The molecule has 0 radical (unpaired) electrons. The first kappa shape index (κ1) is 24.8. The van der Waals surface area contributed by atoms with Crippen molar-refractivity contribution in [2.75, 3.05) is 27.5 Å². The number of phenols is 1. The van der Waals surface area contributed by atoms with E-state index in [1.54, 1.807) is 7.11 Å². The minimum absolute atomic E-state index is 0.0585. The molecule has 200 valence electrons. The first-order chi connectivity index (χ1) is 18.2. The van der Waals surface area contributed by atoms with Gasteiger partial charge in [0, 0.05) is 47.8 Å². The molecule has 5 atom stereocenters. The van der Waals surface area contributed by atoms with E-state index in [0.29, 0.717) is 41.4 Å². The van der Waals surface area contributed by atoms with E-state index < -0.39 is 12.0 Å². The molecule has 2 bridgehead atoms. The topological polar surface area (TPSA) is 131 Å². The van der Waals surface area contributed by atoms with Crippen molar-refractivity contribution in [3.63, 3.8) is 0 Å². The smallest absolute Gasteiger partial charge is 0.308 e. The number of carbonyl (C=O) groups excluding carboxylic acids is 1. The van der Waals surface area contributed by atoms with Crippen LogP contribution in [-0.4, -0.2) is 66.5 Å². The van der Waals surface area contributed by atoms with E-state index >= 15 is 0 Å². The number of methoxy groups -OCH3 is 1. The lowest BCUT2D eigenvalue weighted by atomic mass is 9.71. The number of aryl methyl sites for hydroxylation is 1. The van der Waals surface area contributed by atoms with Gasteiger partial charge in [-0.25, -0.2) is 0 Å². The zero-order valence-corrected chi connectivity index (χ0v) is 22.2. The van der Waals surface area contributed by atoms with Crippen LogP contribution in [0.4, 0.5) is 0 Å². The zero-order chi connectivity index (χ0) is 27.0. The van der Waals surface area contributed by atoms with Crippen molar-refractivity contribution in [1.29, 1.82) is 5.26 Å². The molecule has 0 amide bonds. The summed E-state index contributed by atoms with van der Waals surface area (Å²) in [7, 11) is 3.57. The summed E-state index contributed by atoms with van der Waals surface area (Å²) in [5, 5.41) is 22.0. The number of likely N-dealkylation sites (N-methyl/N-ethyl adjacent to an activating group) is 1. The van der Waals surface area contributed by atoms with Gasteiger partial charge in [0.15, 0.2) is 23.0 Å². The van der Waals surface area contributed by atoms with Crippen molar-refractivity contribution in [2.45, 2.75) is 63.8 Å². The maximum absolute atomic E-state index is 12.2. The Kier molecular flexibility index (Phi) is 5.72. The Bertz CT molecular complexity index is 1400. The number of hydrogen-bond donors (Lipinski definition) is 2. The van der Waals surface area contributed by atoms with E-state index in [4.69, 9.17) is 24.7 Å². The van der Waals surface area contributed by atoms with E-state index in [2.05, 4.69) is 21.9 Å². The molecule has 10 nitrogen and oxygen atoms in total. The number of hydrogen-bond acceptors (Lipinski definition) is 10. The summed E-state index contributed by atoms with van der Waals surface area (Å²) in [6.07, 6.45) is 1.07. The standard InChI is InChI=1S/C28H32N4O6/c1-12-6-15-7-17-19(9-29)32-18(23(31(17)4)21(15)24(34)25(12)35-5)8-16-22(20(32)10-30)28-27(36-11-37-28)13(2)26(16)38-14(3)33/h6,17-20,23,34H,7-8,10-11,30H2,1-5H3/t17-,18-,19-,20-,23-/m0/s1. The Hall–Kier alpha value is -3.52. The maximum atomic E-state index is 12.2. The van der Waals surface area contributed by atoms with Gasteiger partial charge in [-0.05, 0) is 44.9 Å². The molecule has 2 aromatic carbocycles. The SMILES string of the molecule is COc1c(C)cc2c(c1O)[C@@H]1[C@@H]3Cc4c(OC(C)=O)c(C)c5c(c4[C@H](CN)N3[C@@H](C#N)[C@H](C2)N1C)OCO5. The molecule has 0 aliphatic carbocycles. The lowest BCUT2D eigenvalue weighted by Crippen LogP contribution is -2.68. The number of rotatable bonds is 3. The Labute approximate surface area is 221 Å². The number of nitrogens with two attached hydrogens (primary N) is 1. The van der Waals surface area contributed by atoms with Crippen LogP contribution in [-0.2, 0) is 17.6 Å². The molecular weight excluding hydrogens is 488 g/mol. The molecule has 6 rings (SSSR count). The predicted molar refractivity (Wildman–Crippen MR) is 137 cm³/mol. The van der Waals surface area contributed by atoms with E-state index in [9.17, 15) is 15.2 Å². The number of esters is 1. The first-order valence-corrected chi connectivity index (χ1v) is 12.8. The average Bonchev–Trinajstić information content (AvgIpc) is 3.36. The number of nitrogens with zero attached hydrogens (tertiary/aromatic N) is 3. The molecule has 4 aliphatic heterocycles. The van der Waals surface area contributed by atoms with Crippen LogP contribution in [0.1, 0.15) is 52.4 Å². The van der Waals surface area contributed by atoms with Crippen LogP contribution in [0.15, 0.2) is 6.07 Å². The molecule has 2 aromatic rings. The second-order valence-corrected chi connectivity index (χ2v) is 10.6. The van der Waals surface area contributed by atoms with Gasteiger partial charge in [-0.3, -0.25) is 14.6 Å². The minimum atomic E-state index is -0.461. The van der Waals surface area contributed by atoms with Crippen LogP contribution in [0.25, 0.3) is 0 Å². The molecule has 0 spiro atoms. The van der Waals surface area contributed by atoms with Gasteiger partial charge in [-0.1, -0.05) is 6.07 Å². The van der Waals surface area contributed by atoms with Gasteiger partial charge in [0.1, 0.15) is 11.8 Å². The van der Waals surface area contributed by atoms with Crippen molar-refractivity contribution in [3.8, 4) is 34.8 Å². The van der Waals surface area contributed by atoms with Crippen LogP contribution in [0.5, 0.6) is 28.7 Å². The summed E-state index contributed by atoms with van der Waals surface area (Å²) < 4.78 is 23.1. The van der Waals surface area contributed by atoms with Crippen molar-refractivity contribution < 1.29 is 28.8 Å². The largest absolute Gasteiger partial charge is 0.504 e. The normalized spacial score (nSPS) is 27.1. The maximum Gasteiger partial charge on any atom is 0.308 e. The fourth-order valence-electron chi connectivity index (χ4n) is 7.34. The van der Waals surface area contributed by atoms with Crippen molar-refractivity contribution in [2.24, 2.45) is 5.73 Å². The van der Waals surface area contributed by atoms with Gasteiger partial charge in [0.2, 0.25) is 6.79 Å². The second-order valence-electron chi connectivity index (χ2n) is 10.6. The van der Waals surface area contributed by atoms with E-state index in [1.807, 2.05) is 20.9 Å². The van der Waals surface area contributed by atoms with Crippen molar-refractivity contribution in [3.05, 3.63) is 39.4 Å².